The molecule has 1 saturated heterocycles. The van der Waals surface area contributed by atoms with Gasteiger partial charge in [-0.2, -0.15) is 0 Å². The van der Waals surface area contributed by atoms with Gasteiger partial charge in [-0.25, -0.2) is 0 Å². The molecule has 0 aromatic carbocycles. The van der Waals surface area contributed by atoms with E-state index < -0.39 is 0 Å². The first-order valence-electron chi connectivity index (χ1n) is 6.86. The molecule has 0 aliphatic carbocycles. The molecule has 0 unspecified atom stereocenters. The highest BCUT2D eigenvalue weighted by Crippen LogP contribution is 2.16. The largest absolute Gasteiger partial charge is 0.356 e. The minimum atomic E-state index is 0.0253. The van der Waals surface area contributed by atoms with E-state index in [0.29, 0.717) is 12.5 Å². The van der Waals surface area contributed by atoms with Gasteiger partial charge in [-0.3, -0.25) is 9.59 Å². The molecule has 1 fully saturated rings. The van der Waals surface area contributed by atoms with Crippen LogP contribution in [0, 0.1) is 5.92 Å². The van der Waals surface area contributed by atoms with Crippen LogP contribution in [-0.2, 0) is 9.59 Å². The fraction of sp³-hybridized carbons (Fsp3) is 0.846. The van der Waals surface area contributed by atoms with E-state index in [4.69, 9.17) is 0 Å². The van der Waals surface area contributed by atoms with Gasteiger partial charge in [-0.05, 0) is 31.7 Å². The van der Waals surface area contributed by atoms with Crippen molar-refractivity contribution in [1.29, 1.82) is 0 Å². The summed E-state index contributed by atoms with van der Waals surface area (Å²) in [6, 6.07) is 0. The van der Waals surface area contributed by atoms with Crippen LogP contribution in [0.25, 0.3) is 0 Å². The minimum Gasteiger partial charge on any atom is -0.356 e. The van der Waals surface area contributed by atoms with E-state index in [1.807, 2.05) is 4.90 Å². The normalized spacial score (nSPS) is 16.7. The van der Waals surface area contributed by atoms with Crippen molar-refractivity contribution < 1.29 is 9.59 Å². The molecule has 104 valence electrons. The van der Waals surface area contributed by atoms with Gasteiger partial charge in [-0.1, -0.05) is 6.92 Å². The maximum atomic E-state index is 11.8. The van der Waals surface area contributed by atoms with E-state index >= 15 is 0 Å². The molecule has 0 aromatic heterocycles. The summed E-state index contributed by atoms with van der Waals surface area (Å²) in [6.07, 6.45) is 3.02. The molecular formula is C13H25N3O2. The smallest absolute Gasteiger partial charge is 0.236 e. The van der Waals surface area contributed by atoms with Crippen molar-refractivity contribution in [3.05, 3.63) is 0 Å². The Labute approximate surface area is 109 Å². The molecule has 18 heavy (non-hydrogen) atoms. The van der Waals surface area contributed by atoms with Gasteiger partial charge in [0, 0.05) is 26.6 Å². The average Bonchev–Trinajstić information content (AvgIpc) is 2.37. The number of rotatable bonds is 6. The summed E-state index contributed by atoms with van der Waals surface area (Å²) in [4.78, 5) is 24.6. The Morgan fingerprint density at radius 2 is 1.94 bits per heavy atom. The number of nitrogens with zero attached hydrogens (tertiary/aromatic N) is 1. The zero-order chi connectivity index (χ0) is 13.4. The number of amides is 2. The van der Waals surface area contributed by atoms with Crippen LogP contribution in [0.2, 0.25) is 0 Å². The van der Waals surface area contributed by atoms with E-state index in [2.05, 4.69) is 17.6 Å². The Bertz CT molecular complexity index is 273. The van der Waals surface area contributed by atoms with Crippen molar-refractivity contribution >= 4 is 11.8 Å². The molecule has 5 heteroatoms. The summed E-state index contributed by atoms with van der Waals surface area (Å²) < 4.78 is 0. The number of carbonyl (C=O) groups is 2. The summed E-state index contributed by atoms with van der Waals surface area (Å²) in [6.45, 7) is 7.34. The van der Waals surface area contributed by atoms with Crippen molar-refractivity contribution in [3.8, 4) is 0 Å². The molecule has 2 N–H and O–H groups in total. The van der Waals surface area contributed by atoms with E-state index in [-0.39, 0.29) is 11.8 Å². The van der Waals surface area contributed by atoms with Crippen LogP contribution in [0.3, 0.4) is 0 Å². The van der Waals surface area contributed by atoms with Gasteiger partial charge in [0.05, 0.1) is 6.54 Å². The molecule has 1 aliphatic heterocycles. The fourth-order valence-electron chi connectivity index (χ4n) is 2.16. The highest BCUT2D eigenvalue weighted by molar-refractivity contribution is 5.78. The highest BCUT2D eigenvalue weighted by Gasteiger charge is 2.22. The number of piperidine rings is 1. The second kappa shape index (κ2) is 8.08. The van der Waals surface area contributed by atoms with Gasteiger partial charge in [0.2, 0.25) is 11.8 Å². The van der Waals surface area contributed by atoms with Gasteiger partial charge < -0.3 is 15.5 Å². The second-order valence-electron chi connectivity index (χ2n) is 4.94. The van der Waals surface area contributed by atoms with Gasteiger partial charge >= 0.3 is 0 Å². The Kier molecular flexibility index (Phi) is 6.72. The van der Waals surface area contributed by atoms with Crippen LogP contribution >= 0.6 is 0 Å². The van der Waals surface area contributed by atoms with E-state index in [0.717, 1.165) is 45.4 Å². The first-order chi connectivity index (χ1) is 8.63. The second-order valence-corrected chi connectivity index (χ2v) is 4.94. The molecule has 0 saturated carbocycles. The third-order valence-corrected chi connectivity index (χ3v) is 3.31. The monoisotopic (exact) mass is 255 g/mol. The van der Waals surface area contributed by atoms with Crippen molar-refractivity contribution in [2.24, 2.45) is 5.92 Å². The topological polar surface area (TPSA) is 61.4 Å². The zero-order valence-electron chi connectivity index (χ0n) is 11.5. The Morgan fingerprint density at radius 3 is 2.50 bits per heavy atom. The number of likely N-dealkylation sites (tertiary alicyclic amines) is 1. The fourth-order valence-corrected chi connectivity index (χ4v) is 2.16. The van der Waals surface area contributed by atoms with Crippen LogP contribution in [0.4, 0.5) is 0 Å². The maximum Gasteiger partial charge on any atom is 0.236 e. The van der Waals surface area contributed by atoms with Crippen LogP contribution < -0.4 is 10.6 Å². The minimum absolute atomic E-state index is 0.0253. The van der Waals surface area contributed by atoms with E-state index in [1.54, 1.807) is 0 Å². The van der Waals surface area contributed by atoms with Crippen molar-refractivity contribution in [2.75, 3.05) is 32.7 Å². The SMILES string of the molecule is CCCNCC(=O)N1CCC(CNC(C)=O)CC1. The van der Waals surface area contributed by atoms with Crippen molar-refractivity contribution in [1.82, 2.24) is 15.5 Å². The van der Waals surface area contributed by atoms with Crippen molar-refractivity contribution in [3.63, 3.8) is 0 Å². The molecular weight excluding hydrogens is 230 g/mol. The lowest BCUT2D eigenvalue weighted by molar-refractivity contribution is -0.131. The first kappa shape index (κ1) is 15.0. The molecule has 0 atom stereocenters. The molecule has 0 aromatic rings. The standard InChI is InChI=1S/C13H25N3O2/c1-3-6-14-10-13(18)16-7-4-12(5-8-16)9-15-11(2)17/h12,14H,3-10H2,1-2H3,(H,15,17). The zero-order valence-corrected chi connectivity index (χ0v) is 11.5. The Hall–Kier alpha value is -1.10. The quantitative estimate of drug-likeness (QED) is 0.674. The molecule has 1 rings (SSSR count). The number of hydrogen-bond acceptors (Lipinski definition) is 3. The molecule has 0 bridgehead atoms. The van der Waals surface area contributed by atoms with Crippen LogP contribution in [0.1, 0.15) is 33.1 Å². The maximum absolute atomic E-state index is 11.8. The lowest BCUT2D eigenvalue weighted by Gasteiger charge is -2.32. The van der Waals surface area contributed by atoms with Crippen LogP contribution in [0.15, 0.2) is 0 Å². The predicted octanol–water partition coefficient (Wildman–Crippen LogP) is 0.361. The number of hydrogen-bond donors (Lipinski definition) is 2. The third kappa shape index (κ3) is 5.49. The molecule has 0 radical (unpaired) electrons. The number of carbonyl (C=O) groups excluding carboxylic acids is 2. The Morgan fingerprint density at radius 1 is 1.28 bits per heavy atom. The molecule has 2 amide bonds. The molecule has 1 aliphatic rings. The third-order valence-electron chi connectivity index (χ3n) is 3.31. The average molecular weight is 255 g/mol. The molecule has 0 spiro atoms. The van der Waals surface area contributed by atoms with Gasteiger partial charge in [-0.15, -0.1) is 0 Å². The van der Waals surface area contributed by atoms with E-state index in [9.17, 15) is 9.59 Å². The lowest BCUT2D eigenvalue weighted by Crippen LogP contribution is -2.44. The van der Waals surface area contributed by atoms with Gasteiger partial charge in [0.15, 0.2) is 0 Å². The molecule has 1 heterocycles. The summed E-state index contributed by atoms with van der Waals surface area (Å²) >= 11 is 0. The summed E-state index contributed by atoms with van der Waals surface area (Å²) in [5.41, 5.74) is 0. The first-order valence-corrected chi connectivity index (χ1v) is 6.86. The van der Waals surface area contributed by atoms with Crippen molar-refractivity contribution in [2.45, 2.75) is 33.1 Å². The molecule has 5 nitrogen and oxygen atoms in total. The summed E-state index contributed by atoms with van der Waals surface area (Å²) in [5.74, 6) is 0.736. The summed E-state index contributed by atoms with van der Waals surface area (Å²) in [5, 5.41) is 5.98. The summed E-state index contributed by atoms with van der Waals surface area (Å²) in [7, 11) is 0. The predicted molar refractivity (Wildman–Crippen MR) is 71.1 cm³/mol. The van der Waals surface area contributed by atoms with Gasteiger partial charge in [0.25, 0.3) is 0 Å². The highest BCUT2D eigenvalue weighted by atomic mass is 16.2. The van der Waals surface area contributed by atoms with Crippen LogP contribution in [0.5, 0.6) is 0 Å². The van der Waals surface area contributed by atoms with Crippen LogP contribution in [-0.4, -0.2) is 49.4 Å². The lowest BCUT2D eigenvalue weighted by atomic mass is 9.97. The Balaban J connectivity index is 2.17. The van der Waals surface area contributed by atoms with E-state index in [1.165, 1.54) is 6.92 Å². The van der Waals surface area contributed by atoms with Gasteiger partial charge in [0.1, 0.15) is 0 Å². The number of nitrogens with one attached hydrogen (secondary N) is 2.